The molecular weight excluding hydrogens is 277 g/mol. The molecule has 0 aliphatic rings. The van der Waals surface area contributed by atoms with Crippen molar-refractivity contribution in [1.82, 2.24) is 10.3 Å². The van der Waals surface area contributed by atoms with Crippen LogP contribution in [0.15, 0.2) is 30.5 Å². The van der Waals surface area contributed by atoms with E-state index in [1.165, 1.54) is 12.1 Å². The average Bonchev–Trinajstić information content (AvgIpc) is 2.92. The third-order valence-corrected chi connectivity index (χ3v) is 3.90. The summed E-state index contributed by atoms with van der Waals surface area (Å²) in [6.07, 6.45) is 1.86. The van der Waals surface area contributed by atoms with Gasteiger partial charge in [-0.15, -0.1) is 11.3 Å². The number of benzene rings is 1. The number of hydrogen-bond acceptors (Lipinski definition) is 5. The quantitative estimate of drug-likeness (QED) is 0.797. The predicted octanol–water partition coefficient (Wildman–Crippen LogP) is 2.79. The number of anilines is 2. The van der Waals surface area contributed by atoms with E-state index in [1.54, 1.807) is 30.6 Å². The lowest BCUT2D eigenvalue weighted by molar-refractivity contribution is 0.199. The smallest absolute Gasteiger partial charge is 0.189 e. The van der Waals surface area contributed by atoms with E-state index in [0.717, 1.165) is 28.8 Å². The molecular formula is C14H18FN3OS. The Morgan fingerprint density at radius 1 is 1.35 bits per heavy atom. The first-order valence-electron chi connectivity index (χ1n) is 6.34. The van der Waals surface area contributed by atoms with Gasteiger partial charge in [-0.3, -0.25) is 0 Å². The van der Waals surface area contributed by atoms with Crippen LogP contribution in [0.2, 0.25) is 0 Å². The second-order valence-corrected chi connectivity index (χ2v) is 5.41. The predicted molar refractivity (Wildman–Crippen MR) is 80.2 cm³/mol. The number of methoxy groups -OCH3 is 1. The Hall–Kier alpha value is -1.50. The lowest BCUT2D eigenvalue weighted by Gasteiger charge is -2.15. The Kier molecular flexibility index (Phi) is 5.46. The van der Waals surface area contributed by atoms with E-state index in [2.05, 4.69) is 10.3 Å². The molecule has 1 aromatic heterocycles. The fraction of sp³-hybridized carbons (Fsp3) is 0.357. The van der Waals surface area contributed by atoms with Crippen LogP contribution in [0.1, 0.15) is 4.88 Å². The van der Waals surface area contributed by atoms with Gasteiger partial charge in [0.2, 0.25) is 0 Å². The third kappa shape index (κ3) is 4.00. The van der Waals surface area contributed by atoms with Crippen molar-refractivity contribution in [2.45, 2.75) is 6.54 Å². The number of aromatic nitrogens is 1. The first-order valence-corrected chi connectivity index (χ1v) is 7.16. The first kappa shape index (κ1) is 14.9. The number of nitrogens with one attached hydrogen (secondary N) is 1. The summed E-state index contributed by atoms with van der Waals surface area (Å²) in [4.78, 5) is 7.50. The normalized spacial score (nSPS) is 10.8. The van der Waals surface area contributed by atoms with Gasteiger partial charge in [-0.05, 0) is 24.3 Å². The molecule has 20 heavy (non-hydrogen) atoms. The van der Waals surface area contributed by atoms with E-state index in [4.69, 9.17) is 4.74 Å². The van der Waals surface area contributed by atoms with Crippen LogP contribution < -0.4 is 10.2 Å². The third-order valence-electron chi connectivity index (χ3n) is 2.82. The van der Waals surface area contributed by atoms with E-state index in [-0.39, 0.29) is 5.82 Å². The maximum absolute atomic E-state index is 12.9. The molecule has 6 heteroatoms. The zero-order valence-electron chi connectivity index (χ0n) is 11.6. The van der Waals surface area contributed by atoms with Crippen LogP contribution in [0.4, 0.5) is 15.2 Å². The van der Waals surface area contributed by atoms with E-state index < -0.39 is 0 Å². The molecule has 0 saturated carbocycles. The van der Waals surface area contributed by atoms with Gasteiger partial charge in [0, 0.05) is 44.0 Å². The highest BCUT2D eigenvalue weighted by Gasteiger charge is 2.09. The van der Waals surface area contributed by atoms with Crippen LogP contribution in [0.3, 0.4) is 0 Å². The van der Waals surface area contributed by atoms with Gasteiger partial charge in [-0.1, -0.05) is 0 Å². The molecule has 108 valence electrons. The second-order valence-electron chi connectivity index (χ2n) is 4.31. The van der Waals surface area contributed by atoms with Crippen molar-refractivity contribution in [3.8, 4) is 0 Å². The molecule has 0 amide bonds. The minimum atomic E-state index is -0.232. The van der Waals surface area contributed by atoms with Crippen LogP contribution in [0.25, 0.3) is 0 Å². The Bertz CT molecular complexity index is 529. The fourth-order valence-electron chi connectivity index (χ4n) is 1.69. The largest absolute Gasteiger partial charge is 0.383 e. The number of rotatable bonds is 7. The van der Waals surface area contributed by atoms with Crippen LogP contribution >= 0.6 is 11.3 Å². The molecule has 0 aliphatic carbocycles. The highest BCUT2D eigenvalue weighted by atomic mass is 32.1. The molecule has 0 unspecified atom stereocenters. The zero-order valence-corrected chi connectivity index (χ0v) is 12.4. The maximum atomic E-state index is 12.9. The lowest BCUT2D eigenvalue weighted by atomic mass is 10.3. The molecule has 1 heterocycles. The van der Waals surface area contributed by atoms with Crippen molar-refractivity contribution in [2.24, 2.45) is 0 Å². The molecule has 1 N–H and O–H groups in total. The van der Waals surface area contributed by atoms with Crippen LogP contribution in [0, 0.1) is 5.82 Å². The number of ether oxygens (including phenoxy) is 1. The molecule has 0 radical (unpaired) electrons. The molecule has 0 spiro atoms. The highest BCUT2D eigenvalue weighted by molar-refractivity contribution is 7.15. The first-order chi connectivity index (χ1) is 9.70. The SMILES string of the molecule is COCCNCc1cnc(N(C)c2ccc(F)cc2)s1. The fourth-order valence-corrected chi connectivity index (χ4v) is 2.56. The Balaban J connectivity index is 1.95. The van der Waals surface area contributed by atoms with E-state index in [1.807, 2.05) is 18.1 Å². The molecule has 0 bridgehead atoms. The van der Waals surface area contributed by atoms with Crippen molar-refractivity contribution in [2.75, 3.05) is 32.2 Å². The van der Waals surface area contributed by atoms with E-state index in [9.17, 15) is 4.39 Å². The number of thiazole rings is 1. The number of nitrogens with zero attached hydrogens (tertiary/aromatic N) is 2. The molecule has 0 saturated heterocycles. The topological polar surface area (TPSA) is 37.4 Å². The highest BCUT2D eigenvalue weighted by Crippen LogP contribution is 2.27. The summed E-state index contributed by atoms with van der Waals surface area (Å²) < 4.78 is 17.9. The van der Waals surface area contributed by atoms with Crippen molar-refractivity contribution in [3.63, 3.8) is 0 Å². The van der Waals surface area contributed by atoms with Gasteiger partial charge in [0.1, 0.15) is 5.82 Å². The average molecular weight is 295 g/mol. The molecule has 0 aliphatic heterocycles. The lowest BCUT2D eigenvalue weighted by Crippen LogP contribution is -2.17. The van der Waals surface area contributed by atoms with Crippen LogP contribution in [-0.2, 0) is 11.3 Å². The molecule has 2 aromatic rings. The van der Waals surface area contributed by atoms with Crippen molar-refractivity contribution < 1.29 is 9.13 Å². The maximum Gasteiger partial charge on any atom is 0.189 e. The van der Waals surface area contributed by atoms with Crippen LogP contribution in [0.5, 0.6) is 0 Å². The standard InChI is InChI=1S/C14H18FN3OS/c1-18(12-5-3-11(15)4-6-12)14-17-10-13(20-14)9-16-7-8-19-2/h3-6,10,16H,7-9H2,1-2H3. The minimum absolute atomic E-state index is 0.232. The summed E-state index contributed by atoms with van der Waals surface area (Å²) in [6, 6.07) is 6.39. The Morgan fingerprint density at radius 2 is 2.10 bits per heavy atom. The summed E-state index contributed by atoms with van der Waals surface area (Å²) in [5.74, 6) is -0.232. The molecule has 4 nitrogen and oxygen atoms in total. The summed E-state index contributed by atoms with van der Waals surface area (Å²) in [6.45, 7) is 2.29. The molecule has 0 fully saturated rings. The molecule has 2 rings (SSSR count). The van der Waals surface area contributed by atoms with Gasteiger partial charge in [-0.2, -0.15) is 0 Å². The number of hydrogen-bond donors (Lipinski definition) is 1. The summed E-state index contributed by atoms with van der Waals surface area (Å²) >= 11 is 1.62. The van der Waals surface area contributed by atoms with Gasteiger partial charge in [0.05, 0.1) is 6.61 Å². The second kappa shape index (κ2) is 7.33. The Morgan fingerprint density at radius 3 is 2.80 bits per heavy atom. The van der Waals surface area contributed by atoms with Gasteiger partial charge in [0.15, 0.2) is 5.13 Å². The van der Waals surface area contributed by atoms with Crippen molar-refractivity contribution in [1.29, 1.82) is 0 Å². The van der Waals surface area contributed by atoms with Crippen molar-refractivity contribution >= 4 is 22.2 Å². The number of halogens is 1. The summed E-state index contributed by atoms with van der Waals surface area (Å²) in [5.41, 5.74) is 0.916. The van der Waals surface area contributed by atoms with Crippen molar-refractivity contribution in [3.05, 3.63) is 41.2 Å². The summed E-state index contributed by atoms with van der Waals surface area (Å²) in [7, 11) is 3.61. The van der Waals surface area contributed by atoms with E-state index in [0.29, 0.717) is 6.61 Å². The summed E-state index contributed by atoms with van der Waals surface area (Å²) in [5, 5.41) is 4.17. The van der Waals surface area contributed by atoms with Gasteiger partial charge < -0.3 is 15.0 Å². The van der Waals surface area contributed by atoms with E-state index >= 15 is 0 Å². The zero-order chi connectivity index (χ0) is 14.4. The Labute approximate surface area is 122 Å². The molecule has 0 atom stereocenters. The monoisotopic (exact) mass is 295 g/mol. The van der Waals surface area contributed by atoms with Gasteiger partial charge in [-0.25, -0.2) is 9.37 Å². The minimum Gasteiger partial charge on any atom is -0.383 e. The van der Waals surface area contributed by atoms with Crippen LogP contribution in [-0.4, -0.2) is 32.3 Å². The van der Waals surface area contributed by atoms with Gasteiger partial charge in [0.25, 0.3) is 0 Å². The molecule has 1 aromatic carbocycles. The van der Waals surface area contributed by atoms with Gasteiger partial charge >= 0.3 is 0 Å².